The fourth-order valence-corrected chi connectivity index (χ4v) is 3.03. The molecule has 1 saturated heterocycles. The molecule has 1 aromatic heterocycles. The summed E-state index contributed by atoms with van der Waals surface area (Å²) in [5.74, 6) is 0.874. The number of aryl methyl sites for hydroxylation is 2. The van der Waals surface area contributed by atoms with Crippen molar-refractivity contribution < 1.29 is 9.53 Å². The number of amides is 1. The maximum atomic E-state index is 12.6. The molecule has 1 N–H and O–H groups in total. The molecule has 23 heavy (non-hydrogen) atoms. The van der Waals surface area contributed by atoms with Crippen molar-refractivity contribution in [2.75, 3.05) is 13.1 Å². The quantitative estimate of drug-likeness (QED) is 0.937. The van der Waals surface area contributed by atoms with Crippen molar-refractivity contribution in [2.45, 2.75) is 32.8 Å². The number of benzene rings is 1. The predicted octanol–water partition coefficient (Wildman–Crippen LogP) is 3.36. The fraction of sp³-hybridized carbons (Fsp3) is 0.412. The first kappa shape index (κ1) is 15.9. The van der Waals surface area contributed by atoms with E-state index in [-0.39, 0.29) is 12.0 Å². The molecular weight excluding hydrogens is 314 g/mol. The van der Waals surface area contributed by atoms with Crippen molar-refractivity contribution in [3.8, 4) is 5.75 Å². The Bertz CT molecular complexity index is 669. The number of halogens is 1. The van der Waals surface area contributed by atoms with Gasteiger partial charge in [0, 0.05) is 36.6 Å². The van der Waals surface area contributed by atoms with Gasteiger partial charge >= 0.3 is 0 Å². The van der Waals surface area contributed by atoms with E-state index < -0.39 is 0 Å². The van der Waals surface area contributed by atoms with Gasteiger partial charge in [-0.05, 0) is 38.1 Å². The molecule has 1 aromatic carbocycles. The summed E-state index contributed by atoms with van der Waals surface area (Å²) in [4.78, 5) is 14.5. The monoisotopic (exact) mass is 333 g/mol. The van der Waals surface area contributed by atoms with Crippen molar-refractivity contribution in [1.29, 1.82) is 0 Å². The highest BCUT2D eigenvalue weighted by molar-refractivity contribution is 6.30. The van der Waals surface area contributed by atoms with E-state index in [1.807, 2.05) is 43.0 Å². The summed E-state index contributed by atoms with van der Waals surface area (Å²) >= 11 is 5.88. The minimum atomic E-state index is 0.0543. The fourth-order valence-electron chi connectivity index (χ4n) is 2.91. The first-order chi connectivity index (χ1) is 11.0. The number of piperidine rings is 1. The molecule has 1 aliphatic rings. The number of aromatic amines is 1. The highest BCUT2D eigenvalue weighted by atomic mass is 35.5. The van der Waals surface area contributed by atoms with Gasteiger partial charge in [-0.15, -0.1) is 0 Å². The van der Waals surface area contributed by atoms with E-state index >= 15 is 0 Å². The lowest BCUT2D eigenvalue weighted by Gasteiger charge is -2.32. The zero-order chi connectivity index (χ0) is 16.4. The van der Waals surface area contributed by atoms with Gasteiger partial charge in [0.05, 0.1) is 11.3 Å². The summed E-state index contributed by atoms with van der Waals surface area (Å²) in [7, 11) is 0. The van der Waals surface area contributed by atoms with E-state index in [9.17, 15) is 4.79 Å². The van der Waals surface area contributed by atoms with Crippen LogP contribution in [0.1, 0.15) is 34.6 Å². The van der Waals surface area contributed by atoms with Crippen LogP contribution >= 0.6 is 11.6 Å². The summed E-state index contributed by atoms with van der Waals surface area (Å²) in [6.07, 6.45) is 1.78. The second-order valence-corrected chi connectivity index (χ2v) is 6.31. The number of likely N-dealkylation sites (tertiary alicyclic amines) is 1. The smallest absolute Gasteiger partial charge is 0.257 e. The van der Waals surface area contributed by atoms with Gasteiger partial charge in [0.15, 0.2) is 0 Å². The third-order valence-corrected chi connectivity index (χ3v) is 4.44. The Morgan fingerprint density at radius 1 is 1.26 bits per heavy atom. The molecule has 0 aliphatic carbocycles. The van der Waals surface area contributed by atoms with Gasteiger partial charge in [-0.1, -0.05) is 11.6 Å². The molecule has 2 heterocycles. The Morgan fingerprint density at radius 2 is 1.91 bits per heavy atom. The Labute approximate surface area is 140 Å². The van der Waals surface area contributed by atoms with Crippen LogP contribution in [0.15, 0.2) is 24.3 Å². The zero-order valence-electron chi connectivity index (χ0n) is 13.3. The number of nitrogens with one attached hydrogen (secondary N) is 1. The number of rotatable bonds is 3. The molecular formula is C17H20ClN3O2. The molecule has 6 heteroatoms. The molecule has 0 radical (unpaired) electrons. The normalized spacial score (nSPS) is 15.7. The van der Waals surface area contributed by atoms with Crippen LogP contribution in [0.25, 0.3) is 0 Å². The summed E-state index contributed by atoms with van der Waals surface area (Å²) < 4.78 is 5.96. The minimum absolute atomic E-state index is 0.0543. The molecule has 0 bridgehead atoms. The van der Waals surface area contributed by atoms with Gasteiger partial charge in [0.2, 0.25) is 0 Å². The lowest BCUT2D eigenvalue weighted by Crippen LogP contribution is -2.42. The second kappa shape index (κ2) is 6.62. The van der Waals surface area contributed by atoms with Crippen LogP contribution in [0.5, 0.6) is 5.75 Å². The lowest BCUT2D eigenvalue weighted by atomic mass is 10.1. The van der Waals surface area contributed by atoms with Gasteiger partial charge in [-0.2, -0.15) is 5.10 Å². The highest BCUT2D eigenvalue weighted by Gasteiger charge is 2.27. The Morgan fingerprint density at radius 3 is 2.48 bits per heavy atom. The first-order valence-electron chi connectivity index (χ1n) is 7.77. The molecule has 5 nitrogen and oxygen atoms in total. The largest absolute Gasteiger partial charge is 0.490 e. The Balaban J connectivity index is 1.58. The van der Waals surface area contributed by atoms with Crippen LogP contribution < -0.4 is 4.74 Å². The third-order valence-electron chi connectivity index (χ3n) is 4.19. The summed E-state index contributed by atoms with van der Waals surface area (Å²) in [6, 6.07) is 7.39. The molecule has 3 rings (SSSR count). The van der Waals surface area contributed by atoms with E-state index in [4.69, 9.17) is 16.3 Å². The lowest BCUT2D eigenvalue weighted by molar-refractivity contribution is 0.0594. The van der Waals surface area contributed by atoms with Gasteiger partial charge < -0.3 is 9.64 Å². The van der Waals surface area contributed by atoms with Crippen molar-refractivity contribution >= 4 is 17.5 Å². The van der Waals surface area contributed by atoms with Crippen LogP contribution in [-0.4, -0.2) is 40.2 Å². The molecule has 1 fully saturated rings. The Kier molecular flexibility index (Phi) is 4.57. The highest BCUT2D eigenvalue weighted by Crippen LogP contribution is 2.22. The van der Waals surface area contributed by atoms with E-state index in [1.165, 1.54) is 0 Å². The van der Waals surface area contributed by atoms with Crippen LogP contribution in [0, 0.1) is 13.8 Å². The van der Waals surface area contributed by atoms with E-state index in [0.717, 1.165) is 30.0 Å². The van der Waals surface area contributed by atoms with Crippen molar-refractivity contribution in [3.05, 3.63) is 46.2 Å². The molecule has 0 saturated carbocycles. The molecule has 122 valence electrons. The maximum absolute atomic E-state index is 12.6. The standard InChI is InChI=1S/C17H20ClN3O2/c1-11-16(12(2)20-19-11)17(22)21-9-7-15(8-10-21)23-14-5-3-13(18)4-6-14/h3-6,15H,7-10H2,1-2H3,(H,19,20). The van der Waals surface area contributed by atoms with Crippen LogP contribution in [0.3, 0.4) is 0 Å². The SMILES string of the molecule is Cc1n[nH]c(C)c1C(=O)N1CCC(Oc2ccc(Cl)cc2)CC1. The topological polar surface area (TPSA) is 58.2 Å². The predicted molar refractivity (Wildman–Crippen MR) is 89.1 cm³/mol. The van der Waals surface area contributed by atoms with Crippen molar-refractivity contribution in [2.24, 2.45) is 0 Å². The minimum Gasteiger partial charge on any atom is -0.490 e. The van der Waals surface area contributed by atoms with Gasteiger partial charge in [0.25, 0.3) is 5.91 Å². The molecule has 0 unspecified atom stereocenters. The van der Waals surface area contributed by atoms with E-state index in [2.05, 4.69) is 10.2 Å². The molecule has 1 amide bonds. The number of carbonyl (C=O) groups excluding carboxylic acids is 1. The number of aromatic nitrogens is 2. The first-order valence-corrected chi connectivity index (χ1v) is 8.15. The van der Waals surface area contributed by atoms with Gasteiger partial charge in [-0.25, -0.2) is 0 Å². The van der Waals surface area contributed by atoms with Gasteiger partial charge in [-0.3, -0.25) is 9.89 Å². The average molecular weight is 334 g/mol. The average Bonchev–Trinajstić information content (AvgIpc) is 2.88. The van der Waals surface area contributed by atoms with E-state index in [0.29, 0.717) is 23.7 Å². The van der Waals surface area contributed by atoms with Crippen molar-refractivity contribution in [1.82, 2.24) is 15.1 Å². The molecule has 0 atom stereocenters. The molecule has 1 aliphatic heterocycles. The van der Waals surface area contributed by atoms with E-state index in [1.54, 1.807) is 0 Å². The third kappa shape index (κ3) is 3.50. The molecule has 0 spiro atoms. The van der Waals surface area contributed by atoms with Crippen LogP contribution in [0.2, 0.25) is 5.02 Å². The number of H-pyrrole nitrogens is 1. The molecule has 2 aromatic rings. The number of nitrogens with zero attached hydrogens (tertiary/aromatic N) is 2. The summed E-state index contributed by atoms with van der Waals surface area (Å²) in [6.45, 7) is 5.12. The van der Waals surface area contributed by atoms with Crippen LogP contribution in [0.4, 0.5) is 0 Å². The number of carbonyl (C=O) groups is 1. The van der Waals surface area contributed by atoms with Gasteiger partial charge in [0.1, 0.15) is 11.9 Å². The number of ether oxygens (including phenoxy) is 1. The second-order valence-electron chi connectivity index (χ2n) is 5.87. The Hall–Kier alpha value is -2.01. The summed E-state index contributed by atoms with van der Waals surface area (Å²) in [5, 5.41) is 7.67. The zero-order valence-corrected chi connectivity index (χ0v) is 14.1. The number of hydrogen-bond acceptors (Lipinski definition) is 3. The number of hydrogen-bond donors (Lipinski definition) is 1. The van der Waals surface area contributed by atoms with Crippen LogP contribution in [-0.2, 0) is 0 Å². The summed E-state index contributed by atoms with van der Waals surface area (Å²) in [5.41, 5.74) is 2.28. The maximum Gasteiger partial charge on any atom is 0.257 e. The van der Waals surface area contributed by atoms with Crippen molar-refractivity contribution in [3.63, 3.8) is 0 Å².